The minimum Gasteiger partial charge on any atom is -0.337 e. The summed E-state index contributed by atoms with van der Waals surface area (Å²) in [6.07, 6.45) is 5.94. The first-order valence-corrected chi connectivity index (χ1v) is 10.7. The monoisotopic (exact) mass is 420 g/mol. The lowest BCUT2D eigenvalue weighted by atomic mass is 9.92. The number of aryl methyl sites for hydroxylation is 2. The average Bonchev–Trinajstić information content (AvgIpc) is 2.75. The van der Waals surface area contributed by atoms with Gasteiger partial charge in [-0.05, 0) is 62.4 Å². The van der Waals surface area contributed by atoms with Crippen molar-refractivity contribution in [2.75, 3.05) is 13.1 Å². The Bertz CT molecular complexity index is 1050. The standard InChI is InChI=1S/C24H25ClN4O/c1-16-10-18(11-19-6-3-4-8-21(19)25)12-22(28-16)20-7-5-9-29(15-20)24(30)23-14-26-17(2)13-27-23/h3-4,6,8,10,12-14,20H,5,7,9,11,15H2,1-2H3/t20-/m1/s1. The maximum absolute atomic E-state index is 12.9. The fraction of sp³-hybridized carbons (Fsp3) is 0.333. The number of carbonyl (C=O) groups is 1. The van der Waals surface area contributed by atoms with Gasteiger partial charge in [0.1, 0.15) is 5.69 Å². The van der Waals surface area contributed by atoms with Gasteiger partial charge in [-0.25, -0.2) is 4.98 Å². The lowest BCUT2D eigenvalue weighted by Crippen LogP contribution is -2.39. The molecule has 1 atom stereocenters. The van der Waals surface area contributed by atoms with Crippen LogP contribution in [0.15, 0.2) is 48.8 Å². The van der Waals surface area contributed by atoms with Gasteiger partial charge in [0, 0.05) is 41.6 Å². The van der Waals surface area contributed by atoms with Gasteiger partial charge in [0.2, 0.25) is 0 Å². The van der Waals surface area contributed by atoms with E-state index in [4.69, 9.17) is 16.6 Å². The first kappa shape index (κ1) is 20.5. The number of amides is 1. The fourth-order valence-electron chi connectivity index (χ4n) is 4.01. The van der Waals surface area contributed by atoms with Crippen LogP contribution in [0.2, 0.25) is 5.02 Å². The summed E-state index contributed by atoms with van der Waals surface area (Å²) in [5.41, 5.74) is 5.54. The van der Waals surface area contributed by atoms with Crippen molar-refractivity contribution in [3.63, 3.8) is 0 Å². The molecule has 4 rings (SSSR count). The highest BCUT2D eigenvalue weighted by atomic mass is 35.5. The van der Waals surface area contributed by atoms with E-state index < -0.39 is 0 Å². The number of benzene rings is 1. The summed E-state index contributed by atoms with van der Waals surface area (Å²) >= 11 is 6.35. The number of halogens is 1. The molecule has 1 fully saturated rings. The molecule has 0 saturated carbocycles. The normalized spacial score (nSPS) is 16.5. The van der Waals surface area contributed by atoms with Gasteiger partial charge in [0.25, 0.3) is 5.91 Å². The minimum absolute atomic E-state index is 0.0591. The van der Waals surface area contributed by atoms with Crippen molar-refractivity contribution in [2.24, 2.45) is 0 Å². The van der Waals surface area contributed by atoms with E-state index in [1.165, 1.54) is 5.56 Å². The topological polar surface area (TPSA) is 59.0 Å². The number of hydrogen-bond acceptors (Lipinski definition) is 4. The Hall–Kier alpha value is -2.79. The molecule has 1 aliphatic heterocycles. The highest BCUT2D eigenvalue weighted by molar-refractivity contribution is 6.31. The van der Waals surface area contributed by atoms with Crippen molar-refractivity contribution < 1.29 is 4.79 Å². The molecule has 0 spiro atoms. The van der Waals surface area contributed by atoms with E-state index in [9.17, 15) is 4.79 Å². The van der Waals surface area contributed by atoms with E-state index in [0.29, 0.717) is 12.2 Å². The third kappa shape index (κ3) is 4.68. The SMILES string of the molecule is Cc1cnc(C(=O)N2CCC[C@@H](c3cc(Cc4ccccc4Cl)cc(C)n3)C2)cn1. The van der Waals surface area contributed by atoms with Crippen LogP contribution in [0.25, 0.3) is 0 Å². The average molecular weight is 421 g/mol. The van der Waals surface area contributed by atoms with E-state index in [0.717, 1.165) is 53.5 Å². The van der Waals surface area contributed by atoms with E-state index >= 15 is 0 Å². The summed E-state index contributed by atoms with van der Waals surface area (Å²) in [5, 5.41) is 0.780. The van der Waals surface area contributed by atoms with Crippen molar-refractivity contribution in [3.8, 4) is 0 Å². The number of likely N-dealkylation sites (tertiary alicyclic amines) is 1. The predicted octanol–water partition coefficient (Wildman–Crippen LogP) is 4.75. The second-order valence-electron chi connectivity index (χ2n) is 7.94. The maximum Gasteiger partial charge on any atom is 0.274 e. The summed E-state index contributed by atoms with van der Waals surface area (Å²) in [4.78, 5) is 28.0. The van der Waals surface area contributed by atoms with Gasteiger partial charge in [0.15, 0.2) is 0 Å². The van der Waals surface area contributed by atoms with E-state index in [1.807, 2.05) is 36.9 Å². The van der Waals surface area contributed by atoms with Crippen LogP contribution in [0.3, 0.4) is 0 Å². The van der Waals surface area contributed by atoms with Crippen molar-refractivity contribution in [1.82, 2.24) is 19.9 Å². The summed E-state index contributed by atoms with van der Waals surface area (Å²) in [6.45, 7) is 5.27. The molecule has 1 aromatic carbocycles. The van der Waals surface area contributed by atoms with Crippen LogP contribution in [-0.2, 0) is 6.42 Å². The zero-order chi connectivity index (χ0) is 21.1. The largest absolute Gasteiger partial charge is 0.337 e. The first-order valence-electron chi connectivity index (χ1n) is 10.3. The van der Waals surface area contributed by atoms with Crippen molar-refractivity contribution in [1.29, 1.82) is 0 Å². The van der Waals surface area contributed by atoms with Crippen LogP contribution < -0.4 is 0 Å². The van der Waals surface area contributed by atoms with Crippen molar-refractivity contribution in [2.45, 2.75) is 39.0 Å². The van der Waals surface area contributed by atoms with Gasteiger partial charge >= 0.3 is 0 Å². The zero-order valence-corrected chi connectivity index (χ0v) is 18.1. The molecule has 0 bridgehead atoms. The second kappa shape index (κ2) is 8.92. The lowest BCUT2D eigenvalue weighted by molar-refractivity contribution is 0.0699. The van der Waals surface area contributed by atoms with E-state index in [2.05, 4.69) is 28.2 Å². The molecule has 2 aromatic heterocycles. The smallest absolute Gasteiger partial charge is 0.274 e. The fourth-order valence-corrected chi connectivity index (χ4v) is 4.21. The molecule has 154 valence electrons. The van der Waals surface area contributed by atoms with E-state index in [-0.39, 0.29) is 11.8 Å². The highest BCUT2D eigenvalue weighted by Gasteiger charge is 2.27. The van der Waals surface area contributed by atoms with Gasteiger partial charge in [-0.2, -0.15) is 0 Å². The molecule has 0 N–H and O–H groups in total. The Labute approximate surface area is 182 Å². The number of hydrogen-bond donors (Lipinski definition) is 0. The first-order chi connectivity index (χ1) is 14.5. The summed E-state index contributed by atoms with van der Waals surface area (Å²) in [5.74, 6) is 0.155. The molecule has 1 aliphatic rings. The van der Waals surface area contributed by atoms with E-state index in [1.54, 1.807) is 12.4 Å². The van der Waals surface area contributed by atoms with Gasteiger partial charge in [-0.3, -0.25) is 14.8 Å². The van der Waals surface area contributed by atoms with Gasteiger partial charge in [0.05, 0.1) is 11.9 Å². The number of piperidine rings is 1. The van der Waals surface area contributed by atoms with Crippen LogP contribution in [0.4, 0.5) is 0 Å². The van der Waals surface area contributed by atoms with Crippen LogP contribution in [0.1, 0.15) is 57.5 Å². The number of nitrogens with zero attached hydrogens (tertiary/aromatic N) is 4. The maximum atomic E-state index is 12.9. The number of carbonyl (C=O) groups excluding carboxylic acids is 1. The minimum atomic E-state index is -0.0591. The Morgan fingerprint density at radius 2 is 1.97 bits per heavy atom. The third-order valence-electron chi connectivity index (χ3n) is 5.51. The summed E-state index contributed by atoms with van der Waals surface area (Å²) < 4.78 is 0. The second-order valence-corrected chi connectivity index (χ2v) is 8.35. The molecule has 6 heteroatoms. The van der Waals surface area contributed by atoms with Crippen LogP contribution in [0.5, 0.6) is 0 Å². The van der Waals surface area contributed by atoms with Gasteiger partial charge in [-0.1, -0.05) is 29.8 Å². The van der Waals surface area contributed by atoms with Gasteiger partial charge < -0.3 is 4.90 Å². The lowest BCUT2D eigenvalue weighted by Gasteiger charge is -2.32. The number of pyridine rings is 1. The molecule has 3 aromatic rings. The quantitative estimate of drug-likeness (QED) is 0.611. The molecular weight excluding hydrogens is 396 g/mol. The Balaban J connectivity index is 1.53. The summed E-state index contributed by atoms with van der Waals surface area (Å²) in [6, 6.07) is 12.2. The molecule has 5 nitrogen and oxygen atoms in total. The zero-order valence-electron chi connectivity index (χ0n) is 17.3. The van der Waals surface area contributed by atoms with Crippen LogP contribution in [-0.4, -0.2) is 38.8 Å². The third-order valence-corrected chi connectivity index (χ3v) is 5.88. The summed E-state index contributed by atoms with van der Waals surface area (Å²) in [7, 11) is 0. The molecule has 0 unspecified atom stereocenters. The van der Waals surface area contributed by atoms with Crippen molar-refractivity contribution >= 4 is 17.5 Å². The van der Waals surface area contributed by atoms with Crippen LogP contribution in [0, 0.1) is 13.8 Å². The molecule has 1 amide bonds. The molecule has 0 aliphatic carbocycles. The van der Waals surface area contributed by atoms with Crippen LogP contribution >= 0.6 is 11.6 Å². The number of aromatic nitrogens is 3. The predicted molar refractivity (Wildman–Crippen MR) is 118 cm³/mol. The molecule has 30 heavy (non-hydrogen) atoms. The molecular formula is C24H25ClN4O. The van der Waals surface area contributed by atoms with Crippen molar-refractivity contribution in [3.05, 3.63) is 87.7 Å². The Morgan fingerprint density at radius 1 is 1.13 bits per heavy atom. The number of rotatable bonds is 4. The Kier molecular flexibility index (Phi) is 6.09. The molecule has 0 radical (unpaired) electrons. The van der Waals surface area contributed by atoms with Gasteiger partial charge in [-0.15, -0.1) is 0 Å². The molecule has 3 heterocycles. The highest BCUT2D eigenvalue weighted by Crippen LogP contribution is 2.28. The molecule has 1 saturated heterocycles. The Morgan fingerprint density at radius 3 is 2.73 bits per heavy atom.